The lowest BCUT2D eigenvalue weighted by molar-refractivity contribution is 1.09. The molecule has 0 radical (unpaired) electrons. The number of nitrogens with zero attached hydrogens (tertiary/aromatic N) is 2. The van der Waals surface area contributed by atoms with Gasteiger partial charge in [-0.25, -0.2) is 4.98 Å². The number of anilines is 1. The van der Waals surface area contributed by atoms with Gasteiger partial charge in [0.25, 0.3) is 0 Å². The molecule has 1 heterocycles. The van der Waals surface area contributed by atoms with Crippen LogP contribution in [0.5, 0.6) is 0 Å². The smallest absolute Gasteiger partial charge is 0.144 e. The first kappa shape index (κ1) is 9.71. The molecule has 1 aliphatic carbocycles. The number of aromatic nitrogens is 1. The summed E-state index contributed by atoms with van der Waals surface area (Å²) < 4.78 is 1.04. The maximum atomic E-state index is 9.02. The van der Waals surface area contributed by atoms with Gasteiger partial charge in [0.1, 0.15) is 11.9 Å². The molecule has 1 saturated carbocycles. The fraction of sp³-hybridized carbons (Fsp3) is 0.400. The van der Waals surface area contributed by atoms with E-state index >= 15 is 0 Å². The van der Waals surface area contributed by atoms with Crippen LogP contribution in [-0.2, 0) is 0 Å². The molecule has 72 valence electrons. The molecule has 0 unspecified atom stereocenters. The van der Waals surface area contributed by atoms with Gasteiger partial charge in [-0.1, -0.05) is 0 Å². The highest BCUT2D eigenvalue weighted by Crippen LogP contribution is 2.27. The highest BCUT2D eigenvalue weighted by Gasteiger charge is 2.23. The predicted octanol–water partition coefficient (Wildman–Crippen LogP) is 2.44. The zero-order chi connectivity index (χ0) is 10.1. The number of nitrogens with one attached hydrogen (secondary N) is 1. The van der Waals surface area contributed by atoms with E-state index in [4.69, 9.17) is 5.26 Å². The first-order chi connectivity index (χ1) is 6.72. The van der Waals surface area contributed by atoms with Crippen LogP contribution in [0.15, 0.2) is 6.20 Å². The van der Waals surface area contributed by atoms with Crippen LogP contribution in [0.1, 0.15) is 24.0 Å². The van der Waals surface area contributed by atoms with Gasteiger partial charge >= 0.3 is 0 Å². The maximum Gasteiger partial charge on any atom is 0.144 e. The Morgan fingerprint density at radius 2 is 2.36 bits per heavy atom. The lowest BCUT2D eigenvalue weighted by Crippen LogP contribution is -2.06. The highest BCUT2D eigenvalue weighted by molar-refractivity contribution is 14.1. The Morgan fingerprint density at radius 1 is 1.64 bits per heavy atom. The molecule has 1 fully saturated rings. The van der Waals surface area contributed by atoms with Gasteiger partial charge in [0, 0.05) is 15.8 Å². The fourth-order valence-corrected chi connectivity index (χ4v) is 1.66. The molecular weight excluding hydrogens is 289 g/mol. The predicted molar refractivity (Wildman–Crippen MR) is 63.1 cm³/mol. The quantitative estimate of drug-likeness (QED) is 0.853. The minimum absolute atomic E-state index is 0.536. The van der Waals surface area contributed by atoms with Gasteiger partial charge in [0.15, 0.2) is 0 Å². The summed E-state index contributed by atoms with van der Waals surface area (Å²) in [6.45, 7) is 1.96. The van der Waals surface area contributed by atoms with E-state index < -0.39 is 0 Å². The van der Waals surface area contributed by atoms with Gasteiger partial charge in [0.2, 0.25) is 0 Å². The van der Waals surface area contributed by atoms with Gasteiger partial charge in [-0.2, -0.15) is 5.26 Å². The Kier molecular flexibility index (Phi) is 2.59. The minimum Gasteiger partial charge on any atom is -0.366 e. The minimum atomic E-state index is 0.536. The molecule has 1 aliphatic rings. The highest BCUT2D eigenvalue weighted by atomic mass is 127. The van der Waals surface area contributed by atoms with Crippen LogP contribution >= 0.6 is 22.6 Å². The van der Waals surface area contributed by atoms with Crippen LogP contribution < -0.4 is 5.32 Å². The van der Waals surface area contributed by atoms with Crippen molar-refractivity contribution >= 4 is 28.4 Å². The number of nitriles is 1. The normalized spacial score (nSPS) is 14.9. The standard InChI is InChI=1S/C10H10IN3/c1-6-8(4-12)10(13-5-9(6)11)14-7-2-3-7/h5,7H,2-3H2,1H3,(H,13,14). The van der Waals surface area contributed by atoms with E-state index in [2.05, 4.69) is 39.0 Å². The largest absolute Gasteiger partial charge is 0.366 e. The van der Waals surface area contributed by atoms with E-state index in [1.165, 1.54) is 12.8 Å². The zero-order valence-corrected chi connectivity index (χ0v) is 10.00. The van der Waals surface area contributed by atoms with Crippen molar-refractivity contribution in [2.24, 2.45) is 0 Å². The second-order valence-corrected chi connectivity index (χ2v) is 4.65. The Morgan fingerprint density at radius 3 is 2.93 bits per heavy atom. The summed E-state index contributed by atoms with van der Waals surface area (Å²) in [7, 11) is 0. The molecule has 0 aromatic carbocycles. The van der Waals surface area contributed by atoms with Gasteiger partial charge in [-0.05, 0) is 47.9 Å². The second kappa shape index (κ2) is 3.73. The summed E-state index contributed by atoms with van der Waals surface area (Å²) in [6.07, 6.45) is 4.19. The summed E-state index contributed by atoms with van der Waals surface area (Å²) in [5.74, 6) is 0.743. The van der Waals surface area contributed by atoms with E-state index in [9.17, 15) is 0 Å². The average molecular weight is 299 g/mol. The molecule has 0 saturated heterocycles. The Hall–Kier alpha value is -0.830. The monoisotopic (exact) mass is 299 g/mol. The lowest BCUT2D eigenvalue weighted by Gasteiger charge is -2.08. The maximum absolute atomic E-state index is 9.02. The van der Waals surface area contributed by atoms with Crippen molar-refractivity contribution in [1.82, 2.24) is 4.98 Å². The van der Waals surface area contributed by atoms with E-state index in [0.29, 0.717) is 11.6 Å². The van der Waals surface area contributed by atoms with Crippen LogP contribution in [0.25, 0.3) is 0 Å². The van der Waals surface area contributed by atoms with Crippen molar-refractivity contribution in [2.45, 2.75) is 25.8 Å². The number of rotatable bonds is 2. The molecule has 1 N–H and O–H groups in total. The first-order valence-electron chi connectivity index (χ1n) is 4.54. The third-order valence-corrected chi connectivity index (χ3v) is 3.39. The molecular formula is C10H10IN3. The van der Waals surface area contributed by atoms with Crippen molar-refractivity contribution in [3.63, 3.8) is 0 Å². The number of halogens is 1. The summed E-state index contributed by atoms with van der Waals surface area (Å²) in [6, 6.07) is 2.74. The molecule has 1 aromatic rings. The van der Waals surface area contributed by atoms with Crippen LogP contribution in [0.4, 0.5) is 5.82 Å². The number of hydrogen-bond acceptors (Lipinski definition) is 3. The van der Waals surface area contributed by atoms with Crippen LogP contribution in [0, 0.1) is 21.8 Å². The van der Waals surface area contributed by atoms with Crippen LogP contribution in [0.3, 0.4) is 0 Å². The fourth-order valence-electron chi connectivity index (χ4n) is 1.25. The van der Waals surface area contributed by atoms with Gasteiger partial charge in [-0.3, -0.25) is 0 Å². The molecule has 0 atom stereocenters. The van der Waals surface area contributed by atoms with Crippen molar-refractivity contribution in [3.05, 3.63) is 20.9 Å². The molecule has 0 spiro atoms. The Labute approximate surface area is 96.7 Å². The topological polar surface area (TPSA) is 48.7 Å². The number of hydrogen-bond donors (Lipinski definition) is 1. The molecule has 4 heteroatoms. The molecule has 1 aromatic heterocycles. The van der Waals surface area contributed by atoms with Gasteiger partial charge < -0.3 is 5.32 Å². The van der Waals surface area contributed by atoms with E-state index in [0.717, 1.165) is 15.0 Å². The molecule has 3 nitrogen and oxygen atoms in total. The van der Waals surface area contributed by atoms with Crippen molar-refractivity contribution < 1.29 is 0 Å². The average Bonchev–Trinajstić information content (AvgIpc) is 2.96. The molecule has 14 heavy (non-hydrogen) atoms. The molecule has 2 rings (SSSR count). The van der Waals surface area contributed by atoms with Crippen molar-refractivity contribution in [2.75, 3.05) is 5.32 Å². The van der Waals surface area contributed by atoms with Gasteiger partial charge in [-0.15, -0.1) is 0 Å². The molecule has 0 bridgehead atoms. The first-order valence-corrected chi connectivity index (χ1v) is 5.62. The zero-order valence-electron chi connectivity index (χ0n) is 7.84. The Balaban J connectivity index is 2.38. The van der Waals surface area contributed by atoms with Crippen LogP contribution in [-0.4, -0.2) is 11.0 Å². The SMILES string of the molecule is Cc1c(I)cnc(NC2CC2)c1C#N. The van der Waals surface area contributed by atoms with Gasteiger partial charge in [0.05, 0.1) is 5.56 Å². The van der Waals surface area contributed by atoms with E-state index in [1.54, 1.807) is 6.20 Å². The second-order valence-electron chi connectivity index (χ2n) is 3.49. The number of pyridine rings is 1. The van der Waals surface area contributed by atoms with E-state index in [-0.39, 0.29) is 0 Å². The van der Waals surface area contributed by atoms with Crippen LogP contribution in [0.2, 0.25) is 0 Å². The van der Waals surface area contributed by atoms with E-state index in [1.807, 2.05) is 6.92 Å². The Bertz CT molecular complexity index is 405. The summed E-state index contributed by atoms with van der Waals surface area (Å²) in [5, 5.41) is 12.3. The third kappa shape index (κ3) is 1.82. The van der Waals surface area contributed by atoms with Crippen molar-refractivity contribution in [3.8, 4) is 6.07 Å². The summed E-state index contributed by atoms with van der Waals surface area (Å²) in [4.78, 5) is 4.25. The lowest BCUT2D eigenvalue weighted by atomic mass is 10.1. The summed E-state index contributed by atoms with van der Waals surface area (Å²) >= 11 is 2.20. The molecule has 0 aliphatic heterocycles. The third-order valence-electron chi connectivity index (χ3n) is 2.31. The summed E-state index contributed by atoms with van der Waals surface area (Å²) in [5.41, 5.74) is 1.70. The molecule has 0 amide bonds. The van der Waals surface area contributed by atoms with Crippen molar-refractivity contribution in [1.29, 1.82) is 5.26 Å².